The summed E-state index contributed by atoms with van der Waals surface area (Å²) in [6.45, 7) is -1.08. The molecule has 2 aliphatic heterocycles. The van der Waals surface area contributed by atoms with Gasteiger partial charge in [-0.1, -0.05) is 11.6 Å². The Morgan fingerprint density at radius 1 is 1.35 bits per heavy atom. The van der Waals surface area contributed by atoms with Gasteiger partial charge in [0.2, 0.25) is 5.91 Å². The van der Waals surface area contributed by atoms with Crippen molar-refractivity contribution in [1.29, 1.82) is 0 Å². The van der Waals surface area contributed by atoms with Gasteiger partial charge in [0.1, 0.15) is 24.9 Å². The van der Waals surface area contributed by atoms with Crippen molar-refractivity contribution in [2.75, 3.05) is 19.7 Å². The van der Waals surface area contributed by atoms with E-state index in [-0.39, 0.29) is 6.61 Å². The number of rotatable bonds is 3. The van der Waals surface area contributed by atoms with Crippen molar-refractivity contribution in [2.24, 2.45) is 0 Å². The molecular formula is C17H16ClF3N2O3. The third kappa shape index (κ3) is 4.12. The monoisotopic (exact) mass is 388 g/mol. The van der Waals surface area contributed by atoms with Gasteiger partial charge in [-0.05, 0) is 37.1 Å². The average Bonchev–Trinajstić information content (AvgIpc) is 3.07. The molecule has 0 unspecified atom stereocenters. The molecule has 0 radical (unpaired) electrons. The van der Waals surface area contributed by atoms with E-state index in [2.05, 4.69) is 0 Å². The Morgan fingerprint density at radius 2 is 2.12 bits per heavy atom. The highest BCUT2D eigenvalue weighted by Crippen LogP contribution is 2.30. The molecule has 1 saturated heterocycles. The number of ether oxygens (including phenoxy) is 1. The van der Waals surface area contributed by atoms with Gasteiger partial charge < -0.3 is 15.0 Å². The van der Waals surface area contributed by atoms with Crippen molar-refractivity contribution >= 4 is 29.5 Å². The molecule has 1 atom stereocenters. The molecule has 3 rings (SSSR count). The summed E-state index contributed by atoms with van der Waals surface area (Å²) in [7, 11) is 0. The van der Waals surface area contributed by atoms with Crippen molar-refractivity contribution in [3.05, 3.63) is 34.4 Å². The Labute approximate surface area is 152 Å². The third-order valence-electron chi connectivity index (χ3n) is 4.24. The lowest BCUT2D eigenvalue weighted by molar-refractivity contribution is -0.143. The maximum atomic E-state index is 12.8. The highest BCUT2D eigenvalue weighted by Gasteiger charge is 2.37. The number of halogens is 4. The van der Waals surface area contributed by atoms with Crippen LogP contribution >= 0.6 is 11.6 Å². The molecule has 1 N–H and O–H groups in total. The fourth-order valence-electron chi connectivity index (χ4n) is 3.04. The number of nitrogens with zero attached hydrogens (tertiary/aromatic N) is 1. The van der Waals surface area contributed by atoms with Crippen molar-refractivity contribution in [2.45, 2.75) is 25.1 Å². The minimum absolute atomic E-state index is 0.0286. The van der Waals surface area contributed by atoms with E-state index >= 15 is 0 Å². The van der Waals surface area contributed by atoms with Crippen LogP contribution < -0.4 is 10.1 Å². The normalized spacial score (nSPS) is 19.5. The molecule has 26 heavy (non-hydrogen) atoms. The molecule has 2 aliphatic rings. The van der Waals surface area contributed by atoms with Crippen LogP contribution in [0.25, 0.3) is 6.08 Å². The topological polar surface area (TPSA) is 58.6 Å². The minimum Gasteiger partial charge on any atom is -0.488 e. The van der Waals surface area contributed by atoms with Crippen LogP contribution in [0.4, 0.5) is 13.2 Å². The summed E-state index contributed by atoms with van der Waals surface area (Å²) in [5.74, 6) is -0.624. The van der Waals surface area contributed by atoms with Gasteiger partial charge in [-0.15, -0.1) is 0 Å². The second-order valence-corrected chi connectivity index (χ2v) is 6.57. The van der Waals surface area contributed by atoms with Crippen molar-refractivity contribution in [3.8, 4) is 5.75 Å². The van der Waals surface area contributed by atoms with Gasteiger partial charge in [-0.2, -0.15) is 13.2 Å². The summed E-state index contributed by atoms with van der Waals surface area (Å²) >= 11 is 5.94. The fourth-order valence-corrected chi connectivity index (χ4v) is 3.22. The number of benzene rings is 1. The van der Waals surface area contributed by atoms with E-state index in [1.54, 1.807) is 24.3 Å². The largest absolute Gasteiger partial charge is 0.488 e. The quantitative estimate of drug-likeness (QED) is 0.866. The Balaban J connectivity index is 1.73. The highest BCUT2D eigenvalue weighted by atomic mass is 35.5. The van der Waals surface area contributed by atoms with Gasteiger partial charge >= 0.3 is 6.18 Å². The summed E-state index contributed by atoms with van der Waals surface area (Å²) in [6.07, 6.45) is -1.99. The van der Waals surface area contributed by atoms with E-state index in [1.165, 1.54) is 4.90 Å². The van der Waals surface area contributed by atoms with Crippen LogP contribution in [-0.4, -0.2) is 48.6 Å². The minimum atomic E-state index is -4.49. The summed E-state index contributed by atoms with van der Waals surface area (Å²) in [5, 5.41) is 2.34. The number of carbonyl (C=O) groups excluding carboxylic acids is 2. The van der Waals surface area contributed by atoms with E-state index in [9.17, 15) is 22.8 Å². The molecule has 0 bridgehead atoms. The van der Waals surface area contributed by atoms with E-state index in [0.29, 0.717) is 41.3 Å². The van der Waals surface area contributed by atoms with Gasteiger partial charge in [-0.3, -0.25) is 9.59 Å². The molecule has 0 spiro atoms. The zero-order chi connectivity index (χ0) is 18.9. The standard InChI is InChI=1S/C17H16ClF3N2O3/c18-12-3-4-14-10(7-12)6-11(8-26-14)16(25)23-5-1-2-13(23)15(24)22-9-17(19,20)21/h3-4,6-7,13H,1-2,5,8-9H2,(H,22,24)/t13-/m1/s1. The number of amides is 2. The summed E-state index contributed by atoms with van der Waals surface area (Å²) < 4.78 is 42.4. The Morgan fingerprint density at radius 3 is 2.85 bits per heavy atom. The molecule has 9 heteroatoms. The lowest BCUT2D eigenvalue weighted by Gasteiger charge is -2.27. The van der Waals surface area contributed by atoms with Crippen LogP contribution in [0.5, 0.6) is 5.75 Å². The molecule has 1 aromatic carbocycles. The molecule has 2 heterocycles. The van der Waals surface area contributed by atoms with Gasteiger partial charge in [-0.25, -0.2) is 0 Å². The van der Waals surface area contributed by atoms with Crippen LogP contribution in [0, 0.1) is 0 Å². The highest BCUT2D eigenvalue weighted by molar-refractivity contribution is 6.30. The number of hydrogen-bond donors (Lipinski definition) is 1. The Bertz CT molecular complexity index is 764. The van der Waals surface area contributed by atoms with Crippen molar-refractivity contribution < 1.29 is 27.5 Å². The number of carbonyl (C=O) groups is 2. The van der Waals surface area contributed by atoms with Crippen LogP contribution in [0.1, 0.15) is 18.4 Å². The average molecular weight is 389 g/mol. The Kier molecular flexibility index (Phi) is 5.13. The number of fused-ring (bicyclic) bond motifs is 1. The van der Waals surface area contributed by atoms with E-state index < -0.39 is 30.6 Å². The number of nitrogens with one attached hydrogen (secondary N) is 1. The Hall–Kier alpha value is -2.22. The van der Waals surface area contributed by atoms with E-state index in [1.807, 2.05) is 5.32 Å². The fraction of sp³-hybridized carbons (Fsp3) is 0.412. The number of likely N-dealkylation sites (tertiary alicyclic amines) is 1. The molecule has 0 aliphatic carbocycles. The molecule has 140 valence electrons. The lowest BCUT2D eigenvalue weighted by Crippen LogP contribution is -2.48. The zero-order valence-electron chi connectivity index (χ0n) is 13.6. The van der Waals surface area contributed by atoms with Gasteiger partial charge in [0.15, 0.2) is 0 Å². The smallest absolute Gasteiger partial charge is 0.405 e. The van der Waals surface area contributed by atoms with Gasteiger partial charge in [0, 0.05) is 17.1 Å². The van der Waals surface area contributed by atoms with Crippen molar-refractivity contribution in [3.63, 3.8) is 0 Å². The van der Waals surface area contributed by atoms with Crippen LogP contribution in [-0.2, 0) is 9.59 Å². The van der Waals surface area contributed by atoms with E-state index in [4.69, 9.17) is 16.3 Å². The lowest BCUT2D eigenvalue weighted by atomic mass is 10.1. The second-order valence-electron chi connectivity index (χ2n) is 6.13. The van der Waals surface area contributed by atoms with Gasteiger partial charge in [0.25, 0.3) is 5.91 Å². The van der Waals surface area contributed by atoms with Crippen LogP contribution in [0.2, 0.25) is 5.02 Å². The second kappa shape index (κ2) is 7.19. The number of hydrogen-bond acceptors (Lipinski definition) is 3. The number of alkyl halides is 3. The van der Waals surface area contributed by atoms with Crippen molar-refractivity contribution in [1.82, 2.24) is 10.2 Å². The summed E-state index contributed by atoms with van der Waals surface area (Å²) in [5.41, 5.74) is 0.972. The molecule has 1 fully saturated rings. The first-order chi connectivity index (χ1) is 12.2. The predicted octanol–water partition coefficient (Wildman–Crippen LogP) is 2.79. The molecule has 1 aromatic rings. The van der Waals surface area contributed by atoms with Crippen LogP contribution in [0.15, 0.2) is 23.8 Å². The first-order valence-corrected chi connectivity index (χ1v) is 8.41. The van der Waals surface area contributed by atoms with Gasteiger partial charge in [0.05, 0.1) is 5.57 Å². The molecule has 0 saturated carbocycles. The summed E-state index contributed by atoms with van der Waals surface area (Å²) in [6, 6.07) is 4.11. The predicted molar refractivity (Wildman–Crippen MR) is 88.7 cm³/mol. The maximum absolute atomic E-state index is 12.8. The maximum Gasteiger partial charge on any atom is 0.405 e. The summed E-state index contributed by atoms with van der Waals surface area (Å²) in [4.78, 5) is 26.1. The van der Waals surface area contributed by atoms with Crippen LogP contribution in [0.3, 0.4) is 0 Å². The molecule has 0 aromatic heterocycles. The molecule has 2 amide bonds. The molecular weight excluding hydrogens is 373 g/mol. The van der Waals surface area contributed by atoms with E-state index in [0.717, 1.165) is 0 Å². The first-order valence-electron chi connectivity index (χ1n) is 8.03. The third-order valence-corrected chi connectivity index (χ3v) is 4.47. The SMILES string of the molecule is O=C(NCC(F)(F)F)[C@H]1CCCN1C(=O)C1=Cc2cc(Cl)ccc2OC1. The first kappa shape index (κ1) is 18.6. The zero-order valence-corrected chi connectivity index (χ0v) is 14.4. The molecule has 5 nitrogen and oxygen atoms in total.